The molecule has 1 unspecified atom stereocenters. The molecular weight excluding hydrogens is 778 g/mol. The Hall–Kier alpha value is -3.53. The SMILES string of the molecule is COCCOCCCC1(CCCOCCOC)c2cc(Br)ccc2-c2ccc(-c3ccc4c(c3)C(C)(CCCCNC(=O)OC(C)(C)C)c3cc(C)ccc3-4)cc21. The number of hydrogen-bond acceptors (Lipinski definition) is 6. The van der Waals surface area contributed by atoms with E-state index < -0.39 is 5.60 Å². The van der Waals surface area contributed by atoms with E-state index in [9.17, 15) is 4.79 Å². The van der Waals surface area contributed by atoms with Crippen LogP contribution in [0.25, 0.3) is 33.4 Å². The average molecular weight is 841 g/mol. The predicted octanol–water partition coefficient (Wildman–Crippen LogP) is 11.6. The fraction of sp³-hybridized carbons (Fsp3) is 0.490. The molecule has 1 amide bonds. The summed E-state index contributed by atoms with van der Waals surface area (Å²) in [6.07, 6.45) is 6.29. The molecule has 0 saturated heterocycles. The normalized spacial score (nSPS) is 16.2. The molecule has 0 aromatic heterocycles. The number of rotatable bonds is 20. The molecular formula is C49H62BrNO6. The van der Waals surface area contributed by atoms with Gasteiger partial charge in [0.15, 0.2) is 0 Å². The molecule has 2 aliphatic rings. The molecule has 0 saturated carbocycles. The number of carbonyl (C=O) groups is 1. The second-order valence-corrected chi connectivity index (χ2v) is 17.9. The Morgan fingerprint density at radius 1 is 0.632 bits per heavy atom. The van der Waals surface area contributed by atoms with Gasteiger partial charge in [-0.2, -0.15) is 0 Å². The second kappa shape index (κ2) is 19.0. The maximum atomic E-state index is 12.3. The Morgan fingerprint density at radius 3 is 1.75 bits per heavy atom. The topological polar surface area (TPSA) is 75.3 Å². The number of benzene rings is 4. The molecule has 0 fully saturated rings. The summed E-state index contributed by atoms with van der Waals surface area (Å²) in [4.78, 5) is 12.3. The highest BCUT2D eigenvalue weighted by molar-refractivity contribution is 9.10. The van der Waals surface area contributed by atoms with Gasteiger partial charge in [0, 0.05) is 49.3 Å². The lowest BCUT2D eigenvalue weighted by atomic mass is 9.71. The number of unbranched alkanes of at least 4 members (excludes halogenated alkanes) is 1. The van der Waals surface area contributed by atoms with Crippen LogP contribution in [0.3, 0.4) is 0 Å². The first-order valence-corrected chi connectivity index (χ1v) is 21.5. The highest BCUT2D eigenvalue weighted by atomic mass is 79.9. The van der Waals surface area contributed by atoms with Crippen molar-refractivity contribution in [1.82, 2.24) is 5.32 Å². The number of fused-ring (bicyclic) bond motifs is 6. The third-order valence-corrected chi connectivity index (χ3v) is 12.2. The van der Waals surface area contributed by atoms with Crippen LogP contribution >= 0.6 is 15.9 Å². The molecule has 8 heteroatoms. The number of ether oxygens (including phenoxy) is 5. The fourth-order valence-corrected chi connectivity index (χ4v) is 9.40. The van der Waals surface area contributed by atoms with E-state index in [-0.39, 0.29) is 16.9 Å². The number of alkyl carbamates (subject to hydrolysis) is 1. The lowest BCUT2D eigenvalue weighted by Crippen LogP contribution is -2.33. The molecule has 306 valence electrons. The minimum atomic E-state index is -0.510. The molecule has 0 radical (unpaired) electrons. The van der Waals surface area contributed by atoms with Gasteiger partial charge in [-0.1, -0.05) is 83.4 Å². The average Bonchev–Trinajstić information content (AvgIpc) is 3.57. The Morgan fingerprint density at radius 2 is 1.16 bits per heavy atom. The summed E-state index contributed by atoms with van der Waals surface area (Å²) >= 11 is 3.83. The van der Waals surface area contributed by atoms with E-state index in [1.54, 1.807) is 14.2 Å². The number of hydrogen-bond donors (Lipinski definition) is 1. The molecule has 0 heterocycles. The van der Waals surface area contributed by atoms with Crippen LogP contribution in [0, 0.1) is 6.92 Å². The lowest BCUT2D eigenvalue weighted by Gasteiger charge is -2.33. The monoisotopic (exact) mass is 839 g/mol. The molecule has 2 aliphatic carbocycles. The van der Waals surface area contributed by atoms with Crippen LogP contribution in [0.15, 0.2) is 77.3 Å². The summed E-state index contributed by atoms with van der Waals surface area (Å²) in [5.41, 5.74) is 13.7. The summed E-state index contributed by atoms with van der Waals surface area (Å²) in [6, 6.07) is 28.0. The van der Waals surface area contributed by atoms with E-state index in [1.807, 2.05) is 20.8 Å². The van der Waals surface area contributed by atoms with E-state index in [4.69, 9.17) is 23.7 Å². The van der Waals surface area contributed by atoms with Crippen LogP contribution in [0.4, 0.5) is 4.79 Å². The van der Waals surface area contributed by atoms with Gasteiger partial charge in [-0.05, 0) is 146 Å². The zero-order valence-corrected chi connectivity index (χ0v) is 36.7. The largest absolute Gasteiger partial charge is 0.444 e. The van der Waals surface area contributed by atoms with Crippen LogP contribution in [-0.2, 0) is 34.5 Å². The predicted molar refractivity (Wildman–Crippen MR) is 234 cm³/mol. The van der Waals surface area contributed by atoms with Gasteiger partial charge in [0.1, 0.15) is 5.60 Å². The fourth-order valence-electron chi connectivity index (χ4n) is 9.04. The summed E-state index contributed by atoms with van der Waals surface area (Å²) < 4.78 is 29.1. The molecule has 1 N–H and O–H groups in total. The Balaban J connectivity index is 1.32. The number of methoxy groups -OCH3 is 2. The summed E-state index contributed by atoms with van der Waals surface area (Å²) in [5.74, 6) is 0. The standard InChI is InChI=1S/C49H62BrNO6/c1-34-12-16-38-39-17-13-35(31-43(39)48(5,42(38)30-34)20-8-9-23-51-46(52)57-47(2,3)4)36-14-18-40-41-19-15-37(50)33-45(41)49(44(40)32-36,21-10-24-55-28-26-53-6)22-11-25-56-29-27-54-7/h12-19,30-33H,8-11,20-29H2,1-7H3,(H,51,52). The van der Waals surface area contributed by atoms with Crippen molar-refractivity contribution in [2.24, 2.45) is 0 Å². The number of carbonyl (C=O) groups excluding carboxylic acids is 1. The van der Waals surface area contributed by atoms with Gasteiger partial charge in [-0.3, -0.25) is 0 Å². The van der Waals surface area contributed by atoms with Crippen molar-refractivity contribution < 1.29 is 28.5 Å². The van der Waals surface area contributed by atoms with Gasteiger partial charge in [-0.15, -0.1) is 0 Å². The van der Waals surface area contributed by atoms with Crippen LogP contribution in [0.2, 0.25) is 0 Å². The molecule has 4 aromatic carbocycles. The van der Waals surface area contributed by atoms with Crippen molar-refractivity contribution in [3.8, 4) is 33.4 Å². The zero-order chi connectivity index (χ0) is 40.6. The molecule has 1 atom stereocenters. The highest BCUT2D eigenvalue weighted by Crippen LogP contribution is 2.56. The van der Waals surface area contributed by atoms with Crippen molar-refractivity contribution in [2.75, 3.05) is 60.4 Å². The van der Waals surface area contributed by atoms with Crippen LogP contribution < -0.4 is 5.32 Å². The van der Waals surface area contributed by atoms with Gasteiger partial charge >= 0.3 is 6.09 Å². The third kappa shape index (κ3) is 9.85. The number of aryl methyl sites for hydroxylation is 1. The quantitative estimate of drug-likeness (QED) is 0.0894. The summed E-state index contributed by atoms with van der Waals surface area (Å²) in [6.45, 7) is 14.6. The Labute approximate surface area is 349 Å². The van der Waals surface area contributed by atoms with Gasteiger partial charge in [0.25, 0.3) is 0 Å². The van der Waals surface area contributed by atoms with Crippen molar-refractivity contribution >= 4 is 22.0 Å². The van der Waals surface area contributed by atoms with Crippen LogP contribution in [0.1, 0.15) is 100 Å². The molecule has 0 spiro atoms. The maximum absolute atomic E-state index is 12.3. The lowest BCUT2D eigenvalue weighted by molar-refractivity contribution is 0.0527. The second-order valence-electron chi connectivity index (χ2n) is 17.0. The Kier molecular flexibility index (Phi) is 14.4. The minimum Gasteiger partial charge on any atom is -0.444 e. The molecule has 0 bridgehead atoms. The number of amides is 1. The van der Waals surface area contributed by atoms with Crippen molar-refractivity contribution in [1.29, 1.82) is 0 Å². The van der Waals surface area contributed by atoms with E-state index in [0.29, 0.717) is 46.2 Å². The third-order valence-electron chi connectivity index (χ3n) is 11.7. The first-order valence-electron chi connectivity index (χ1n) is 20.7. The van der Waals surface area contributed by atoms with E-state index in [2.05, 4.69) is 108 Å². The number of nitrogens with one attached hydrogen (secondary N) is 1. The molecule has 6 rings (SSSR count). The minimum absolute atomic E-state index is 0.159. The van der Waals surface area contributed by atoms with Gasteiger partial charge in [0.05, 0.1) is 26.4 Å². The van der Waals surface area contributed by atoms with Crippen LogP contribution in [-0.4, -0.2) is 72.1 Å². The molecule has 57 heavy (non-hydrogen) atoms. The molecule has 0 aliphatic heterocycles. The zero-order valence-electron chi connectivity index (χ0n) is 35.2. The molecule has 7 nitrogen and oxygen atoms in total. The smallest absolute Gasteiger partial charge is 0.407 e. The summed E-state index contributed by atoms with van der Waals surface area (Å²) in [5, 5.41) is 2.95. The first kappa shape index (κ1) is 43.1. The Bertz CT molecular complexity index is 1990. The van der Waals surface area contributed by atoms with Crippen molar-refractivity contribution in [3.63, 3.8) is 0 Å². The van der Waals surface area contributed by atoms with Gasteiger partial charge in [-0.25, -0.2) is 4.79 Å². The van der Waals surface area contributed by atoms with Crippen molar-refractivity contribution in [3.05, 3.63) is 105 Å². The van der Waals surface area contributed by atoms with Crippen molar-refractivity contribution in [2.45, 2.75) is 96.0 Å². The maximum Gasteiger partial charge on any atom is 0.407 e. The number of halogens is 1. The van der Waals surface area contributed by atoms with E-state index in [1.165, 1.54) is 61.2 Å². The van der Waals surface area contributed by atoms with E-state index >= 15 is 0 Å². The highest BCUT2D eigenvalue weighted by Gasteiger charge is 2.43. The summed E-state index contributed by atoms with van der Waals surface area (Å²) in [7, 11) is 3.43. The first-order chi connectivity index (χ1) is 27.4. The van der Waals surface area contributed by atoms with Gasteiger partial charge in [0.2, 0.25) is 0 Å². The molecule has 4 aromatic rings. The van der Waals surface area contributed by atoms with E-state index in [0.717, 1.165) is 49.4 Å². The van der Waals surface area contributed by atoms with Crippen LogP contribution in [0.5, 0.6) is 0 Å². The van der Waals surface area contributed by atoms with Gasteiger partial charge < -0.3 is 29.0 Å².